The molecule has 0 radical (unpaired) electrons. The molecule has 110 valence electrons. The molecule has 1 amide bonds. The van der Waals surface area contributed by atoms with Crippen molar-refractivity contribution in [3.63, 3.8) is 0 Å². The van der Waals surface area contributed by atoms with Gasteiger partial charge < -0.3 is 16.4 Å². The summed E-state index contributed by atoms with van der Waals surface area (Å²) in [5.74, 6) is -0.368. The Kier molecular flexibility index (Phi) is 5.01. The number of carbonyl (C=O) groups is 1. The highest BCUT2D eigenvalue weighted by Gasteiger charge is 2.16. The van der Waals surface area contributed by atoms with E-state index >= 15 is 0 Å². The van der Waals surface area contributed by atoms with Crippen LogP contribution in [-0.2, 0) is 0 Å². The van der Waals surface area contributed by atoms with Crippen LogP contribution in [-0.4, -0.2) is 24.5 Å². The molecule has 4 N–H and O–H groups in total. The van der Waals surface area contributed by atoms with E-state index in [1.807, 2.05) is 19.1 Å². The molecule has 0 spiro atoms. The second kappa shape index (κ2) is 6.75. The fourth-order valence-electron chi connectivity index (χ4n) is 2.94. The summed E-state index contributed by atoms with van der Waals surface area (Å²) in [5.41, 5.74) is 7.92. The number of nitrogens with two attached hydrogens (primary N) is 1. The Balaban J connectivity index is 1.98. The molecule has 2 rings (SSSR count). The summed E-state index contributed by atoms with van der Waals surface area (Å²) in [5, 5.41) is 7.07. The predicted octanol–water partition coefficient (Wildman–Crippen LogP) is 2.43. The molecule has 0 aromatic heterocycles. The van der Waals surface area contributed by atoms with E-state index in [2.05, 4.69) is 17.6 Å². The zero-order valence-electron chi connectivity index (χ0n) is 12.4. The zero-order chi connectivity index (χ0) is 14.5. The average molecular weight is 275 g/mol. The SMILES string of the molecule is Cc1c(NC(C)CC2CCCCN2)cccc1C(N)=O. The number of benzene rings is 1. The summed E-state index contributed by atoms with van der Waals surface area (Å²) in [6, 6.07) is 6.63. The Morgan fingerprint density at radius 2 is 2.30 bits per heavy atom. The lowest BCUT2D eigenvalue weighted by Crippen LogP contribution is -2.37. The van der Waals surface area contributed by atoms with E-state index in [1.54, 1.807) is 6.07 Å². The molecule has 4 heteroatoms. The lowest BCUT2D eigenvalue weighted by Gasteiger charge is -2.27. The molecule has 1 fully saturated rings. The molecule has 1 saturated heterocycles. The lowest BCUT2D eigenvalue weighted by atomic mass is 9.98. The minimum Gasteiger partial charge on any atom is -0.382 e. The third kappa shape index (κ3) is 3.73. The number of piperidine rings is 1. The summed E-state index contributed by atoms with van der Waals surface area (Å²) in [7, 11) is 0. The average Bonchev–Trinajstić information content (AvgIpc) is 2.42. The van der Waals surface area contributed by atoms with Gasteiger partial charge in [-0.05, 0) is 57.4 Å². The minimum atomic E-state index is -0.368. The Morgan fingerprint density at radius 1 is 1.50 bits per heavy atom. The maximum atomic E-state index is 11.4. The Morgan fingerprint density at radius 3 is 2.95 bits per heavy atom. The second-order valence-corrected chi connectivity index (χ2v) is 5.77. The number of nitrogens with one attached hydrogen (secondary N) is 2. The number of primary amides is 1. The van der Waals surface area contributed by atoms with Gasteiger partial charge in [-0.25, -0.2) is 0 Å². The summed E-state index contributed by atoms with van der Waals surface area (Å²) in [4.78, 5) is 11.4. The first-order valence-electron chi connectivity index (χ1n) is 7.47. The first-order chi connectivity index (χ1) is 9.58. The first kappa shape index (κ1) is 14.9. The summed E-state index contributed by atoms with van der Waals surface area (Å²) >= 11 is 0. The van der Waals surface area contributed by atoms with E-state index in [4.69, 9.17) is 5.73 Å². The van der Waals surface area contributed by atoms with Crippen LogP contribution in [0.3, 0.4) is 0 Å². The van der Waals surface area contributed by atoms with Gasteiger partial charge in [0.15, 0.2) is 0 Å². The van der Waals surface area contributed by atoms with Crippen LogP contribution in [0.15, 0.2) is 18.2 Å². The largest absolute Gasteiger partial charge is 0.382 e. The molecular weight excluding hydrogens is 250 g/mol. The van der Waals surface area contributed by atoms with E-state index in [0.29, 0.717) is 17.6 Å². The molecule has 1 heterocycles. The van der Waals surface area contributed by atoms with Crippen molar-refractivity contribution >= 4 is 11.6 Å². The molecule has 20 heavy (non-hydrogen) atoms. The molecule has 1 aromatic rings. The number of hydrogen-bond acceptors (Lipinski definition) is 3. The summed E-state index contributed by atoms with van der Waals surface area (Å²) in [6.07, 6.45) is 4.96. The van der Waals surface area contributed by atoms with Gasteiger partial charge in [0.05, 0.1) is 0 Å². The van der Waals surface area contributed by atoms with Crippen molar-refractivity contribution < 1.29 is 4.79 Å². The molecule has 1 aliphatic rings. The van der Waals surface area contributed by atoms with E-state index in [0.717, 1.165) is 24.2 Å². The van der Waals surface area contributed by atoms with Crippen molar-refractivity contribution in [2.45, 2.75) is 51.6 Å². The smallest absolute Gasteiger partial charge is 0.249 e. The van der Waals surface area contributed by atoms with Gasteiger partial charge in [-0.3, -0.25) is 4.79 Å². The maximum Gasteiger partial charge on any atom is 0.249 e. The van der Waals surface area contributed by atoms with E-state index in [-0.39, 0.29) is 5.91 Å². The highest BCUT2D eigenvalue weighted by molar-refractivity contribution is 5.95. The number of anilines is 1. The van der Waals surface area contributed by atoms with Crippen molar-refractivity contribution in [1.29, 1.82) is 0 Å². The Hall–Kier alpha value is -1.55. The number of carbonyl (C=O) groups excluding carboxylic acids is 1. The van der Waals surface area contributed by atoms with Gasteiger partial charge in [0.25, 0.3) is 0 Å². The summed E-state index contributed by atoms with van der Waals surface area (Å²) in [6.45, 7) is 5.26. The lowest BCUT2D eigenvalue weighted by molar-refractivity contribution is 0.1000. The van der Waals surface area contributed by atoms with E-state index in [9.17, 15) is 4.79 Å². The first-order valence-corrected chi connectivity index (χ1v) is 7.47. The van der Waals surface area contributed by atoms with Gasteiger partial charge in [-0.1, -0.05) is 12.5 Å². The Bertz CT molecular complexity index is 467. The number of rotatable bonds is 5. The predicted molar refractivity (Wildman–Crippen MR) is 83.0 cm³/mol. The quantitative estimate of drug-likeness (QED) is 0.773. The van der Waals surface area contributed by atoms with Gasteiger partial charge in [0.1, 0.15) is 0 Å². The molecule has 2 atom stereocenters. The molecule has 0 saturated carbocycles. The maximum absolute atomic E-state index is 11.4. The fourth-order valence-corrected chi connectivity index (χ4v) is 2.94. The molecule has 1 aliphatic heterocycles. The monoisotopic (exact) mass is 275 g/mol. The van der Waals surface area contributed by atoms with Crippen LogP contribution in [0, 0.1) is 6.92 Å². The van der Waals surface area contributed by atoms with Gasteiger partial charge in [0, 0.05) is 23.3 Å². The van der Waals surface area contributed by atoms with Crippen molar-refractivity contribution in [2.24, 2.45) is 5.73 Å². The molecule has 1 aromatic carbocycles. The number of hydrogen-bond donors (Lipinski definition) is 3. The van der Waals surface area contributed by atoms with Crippen LogP contribution in [0.4, 0.5) is 5.69 Å². The van der Waals surface area contributed by atoms with Gasteiger partial charge in [0.2, 0.25) is 5.91 Å². The third-order valence-electron chi connectivity index (χ3n) is 4.05. The van der Waals surface area contributed by atoms with Crippen LogP contribution >= 0.6 is 0 Å². The van der Waals surface area contributed by atoms with E-state index < -0.39 is 0 Å². The van der Waals surface area contributed by atoms with Gasteiger partial charge in [-0.2, -0.15) is 0 Å². The number of amides is 1. The second-order valence-electron chi connectivity index (χ2n) is 5.77. The van der Waals surface area contributed by atoms with Crippen molar-refractivity contribution in [1.82, 2.24) is 5.32 Å². The minimum absolute atomic E-state index is 0.368. The van der Waals surface area contributed by atoms with Crippen LogP contribution in [0.2, 0.25) is 0 Å². The van der Waals surface area contributed by atoms with Crippen molar-refractivity contribution in [2.75, 3.05) is 11.9 Å². The van der Waals surface area contributed by atoms with Gasteiger partial charge >= 0.3 is 0 Å². The fraction of sp³-hybridized carbons (Fsp3) is 0.562. The van der Waals surface area contributed by atoms with Gasteiger partial charge in [-0.15, -0.1) is 0 Å². The van der Waals surface area contributed by atoms with Crippen molar-refractivity contribution in [3.05, 3.63) is 29.3 Å². The normalized spacial score (nSPS) is 20.4. The molecule has 2 unspecified atom stereocenters. The van der Waals surface area contributed by atoms with Crippen LogP contribution in [0.5, 0.6) is 0 Å². The zero-order valence-corrected chi connectivity index (χ0v) is 12.4. The third-order valence-corrected chi connectivity index (χ3v) is 4.05. The van der Waals surface area contributed by atoms with Crippen LogP contribution in [0.25, 0.3) is 0 Å². The van der Waals surface area contributed by atoms with E-state index in [1.165, 1.54) is 19.3 Å². The molecular formula is C16H25N3O. The molecule has 0 aliphatic carbocycles. The summed E-state index contributed by atoms with van der Waals surface area (Å²) < 4.78 is 0. The Labute approximate surface area is 121 Å². The highest BCUT2D eigenvalue weighted by atomic mass is 16.1. The van der Waals surface area contributed by atoms with Crippen LogP contribution in [0.1, 0.15) is 48.5 Å². The highest BCUT2D eigenvalue weighted by Crippen LogP contribution is 2.21. The van der Waals surface area contributed by atoms with Crippen molar-refractivity contribution in [3.8, 4) is 0 Å². The molecule has 0 bridgehead atoms. The topological polar surface area (TPSA) is 67.2 Å². The van der Waals surface area contributed by atoms with Crippen LogP contribution < -0.4 is 16.4 Å². The molecule has 4 nitrogen and oxygen atoms in total. The standard InChI is InChI=1S/C16H25N3O/c1-11(10-13-6-3-4-9-18-13)19-15-8-5-7-14(12(15)2)16(17)20/h5,7-8,11,13,18-19H,3-4,6,9-10H2,1-2H3,(H2,17,20).